The summed E-state index contributed by atoms with van der Waals surface area (Å²) in [7, 11) is 1.61. The molecule has 3 fully saturated rings. The molecule has 39 heavy (non-hydrogen) atoms. The highest BCUT2D eigenvalue weighted by Gasteiger charge is 2.52. The van der Waals surface area contributed by atoms with E-state index in [0.717, 1.165) is 42.7 Å². The van der Waals surface area contributed by atoms with E-state index in [1.165, 1.54) is 17.7 Å². The third-order valence-corrected chi connectivity index (χ3v) is 8.39. The minimum atomic E-state index is -0.835. The van der Waals surface area contributed by atoms with Crippen molar-refractivity contribution < 1.29 is 19.1 Å². The largest absolute Gasteiger partial charge is 0.497 e. The van der Waals surface area contributed by atoms with Crippen LogP contribution in [0, 0.1) is 0 Å². The Balaban J connectivity index is 1.15. The summed E-state index contributed by atoms with van der Waals surface area (Å²) in [6.07, 6.45) is 6.35. The van der Waals surface area contributed by atoms with Gasteiger partial charge < -0.3 is 25.6 Å². The fourth-order valence-corrected chi connectivity index (χ4v) is 6.01. The number of rotatable bonds is 9. The van der Waals surface area contributed by atoms with Crippen molar-refractivity contribution in [3.05, 3.63) is 65.7 Å². The Morgan fingerprint density at radius 2 is 1.74 bits per heavy atom. The lowest BCUT2D eigenvalue weighted by Gasteiger charge is -2.37. The van der Waals surface area contributed by atoms with Crippen molar-refractivity contribution in [3.63, 3.8) is 0 Å². The zero-order valence-corrected chi connectivity index (χ0v) is 22.7. The fourth-order valence-electron chi connectivity index (χ4n) is 6.01. The molecule has 2 saturated heterocycles. The van der Waals surface area contributed by atoms with Crippen molar-refractivity contribution in [1.82, 2.24) is 25.8 Å². The van der Waals surface area contributed by atoms with Crippen molar-refractivity contribution in [1.29, 1.82) is 0 Å². The van der Waals surface area contributed by atoms with Gasteiger partial charge in [0.25, 0.3) is 5.91 Å². The zero-order valence-electron chi connectivity index (χ0n) is 22.7. The second-order valence-electron chi connectivity index (χ2n) is 10.9. The molecule has 1 saturated carbocycles. The van der Waals surface area contributed by atoms with Gasteiger partial charge in [-0.1, -0.05) is 55.3 Å². The van der Waals surface area contributed by atoms with E-state index in [4.69, 9.17) is 4.74 Å². The summed E-state index contributed by atoms with van der Waals surface area (Å²) in [4.78, 5) is 42.6. The van der Waals surface area contributed by atoms with Crippen molar-refractivity contribution >= 4 is 18.0 Å². The number of ether oxygens (including phenoxy) is 1. The van der Waals surface area contributed by atoms with Crippen LogP contribution < -0.4 is 20.7 Å². The Morgan fingerprint density at radius 1 is 1.05 bits per heavy atom. The number of urea groups is 2. The number of likely N-dealkylation sites (tertiary alicyclic amines) is 1. The molecule has 2 aromatic carbocycles. The van der Waals surface area contributed by atoms with Gasteiger partial charge >= 0.3 is 12.1 Å². The number of methoxy groups -OCH3 is 1. The van der Waals surface area contributed by atoms with E-state index in [1.54, 1.807) is 7.11 Å². The molecular weight excluding hydrogens is 494 g/mol. The van der Waals surface area contributed by atoms with Gasteiger partial charge in [0, 0.05) is 25.7 Å². The van der Waals surface area contributed by atoms with Gasteiger partial charge in [0.2, 0.25) is 0 Å². The molecule has 5 rings (SSSR count). The van der Waals surface area contributed by atoms with Crippen LogP contribution in [0.4, 0.5) is 9.59 Å². The fraction of sp³-hybridized carbons (Fsp3) is 0.500. The lowest BCUT2D eigenvalue weighted by molar-refractivity contribution is -0.133. The summed E-state index contributed by atoms with van der Waals surface area (Å²) in [5, 5.41) is 9.33. The van der Waals surface area contributed by atoms with Gasteiger partial charge in [-0.15, -0.1) is 0 Å². The van der Waals surface area contributed by atoms with E-state index in [-0.39, 0.29) is 36.6 Å². The number of piperidine rings is 1. The molecule has 3 N–H and O–H groups in total. The standard InChI is InChI=1S/C30H39N5O4/c1-39-25-13-11-22(12-14-25)21-35-27(36)30(33-29(35)38)16-19-34(20-17-30)18-15-26(23-7-3-2-4-8-23)32-28(37)31-24-9-5-6-10-24/h2-4,7-8,11-14,24,26H,5-6,9-10,15-21H2,1H3,(H,33,38)(H2,31,32,37). The Kier molecular flexibility index (Phi) is 8.35. The second kappa shape index (κ2) is 12.1. The number of carbonyl (C=O) groups excluding carboxylic acids is 3. The SMILES string of the molecule is COc1ccc(CN2C(=O)NC3(CCN(CCC(NC(=O)NC4CCCC4)c4ccccc4)CC3)C2=O)cc1. The molecule has 1 atom stereocenters. The number of nitrogens with one attached hydrogen (secondary N) is 3. The van der Waals surface area contributed by atoms with Crippen molar-refractivity contribution in [3.8, 4) is 5.75 Å². The summed E-state index contributed by atoms with van der Waals surface area (Å²) < 4.78 is 5.20. The highest BCUT2D eigenvalue weighted by Crippen LogP contribution is 2.31. The molecule has 0 bridgehead atoms. The lowest BCUT2D eigenvalue weighted by Crippen LogP contribution is -2.55. The van der Waals surface area contributed by atoms with Crippen LogP contribution in [0.1, 0.15) is 62.1 Å². The smallest absolute Gasteiger partial charge is 0.325 e. The van der Waals surface area contributed by atoms with E-state index in [2.05, 4.69) is 33.0 Å². The van der Waals surface area contributed by atoms with Crippen LogP contribution in [0.15, 0.2) is 54.6 Å². The predicted molar refractivity (Wildman–Crippen MR) is 148 cm³/mol. The van der Waals surface area contributed by atoms with Crippen molar-refractivity contribution in [2.45, 2.75) is 69.1 Å². The van der Waals surface area contributed by atoms with E-state index in [9.17, 15) is 14.4 Å². The highest BCUT2D eigenvalue weighted by atomic mass is 16.5. The predicted octanol–water partition coefficient (Wildman–Crippen LogP) is 3.95. The number of carbonyl (C=O) groups is 3. The molecule has 2 aromatic rings. The molecular formula is C30H39N5O4. The number of imide groups is 1. The van der Waals surface area contributed by atoms with Crippen LogP contribution in [0.5, 0.6) is 5.75 Å². The summed E-state index contributed by atoms with van der Waals surface area (Å²) in [6.45, 7) is 2.45. The van der Waals surface area contributed by atoms with E-state index < -0.39 is 5.54 Å². The Hall–Kier alpha value is -3.59. The maximum atomic E-state index is 13.4. The van der Waals surface area contributed by atoms with Gasteiger partial charge in [-0.05, 0) is 55.4 Å². The van der Waals surface area contributed by atoms with Crippen LogP contribution in [0.25, 0.3) is 0 Å². The molecule has 208 valence electrons. The topological polar surface area (TPSA) is 103 Å². The third-order valence-electron chi connectivity index (χ3n) is 8.39. The van der Waals surface area contributed by atoms with Crippen LogP contribution in [0.3, 0.4) is 0 Å². The Bertz CT molecular complexity index is 1140. The molecule has 0 radical (unpaired) electrons. The molecule has 1 aliphatic carbocycles. The maximum Gasteiger partial charge on any atom is 0.325 e. The minimum absolute atomic E-state index is 0.101. The molecule has 5 amide bonds. The van der Waals surface area contributed by atoms with Crippen molar-refractivity contribution in [2.24, 2.45) is 0 Å². The van der Waals surface area contributed by atoms with Crippen LogP contribution in [0.2, 0.25) is 0 Å². The van der Waals surface area contributed by atoms with Gasteiger partial charge in [-0.3, -0.25) is 9.69 Å². The van der Waals surface area contributed by atoms with Gasteiger partial charge in [-0.2, -0.15) is 0 Å². The second-order valence-corrected chi connectivity index (χ2v) is 10.9. The highest BCUT2D eigenvalue weighted by molar-refractivity contribution is 6.07. The number of nitrogens with zero attached hydrogens (tertiary/aromatic N) is 2. The molecule has 1 spiro atoms. The monoisotopic (exact) mass is 533 g/mol. The number of hydrogen-bond acceptors (Lipinski definition) is 5. The molecule has 2 aliphatic heterocycles. The first-order valence-electron chi connectivity index (χ1n) is 14.1. The first kappa shape index (κ1) is 27.0. The maximum absolute atomic E-state index is 13.4. The minimum Gasteiger partial charge on any atom is -0.497 e. The van der Waals surface area contributed by atoms with E-state index in [1.807, 2.05) is 42.5 Å². The summed E-state index contributed by atoms with van der Waals surface area (Å²) in [6, 6.07) is 17.2. The van der Waals surface area contributed by atoms with E-state index in [0.29, 0.717) is 25.9 Å². The average Bonchev–Trinajstić information content (AvgIpc) is 3.55. The van der Waals surface area contributed by atoms with Crippen LogP contribution in [-0.2, 0) is 11.3 Å². The summed E-state index contributed by atoms with van der Waals surface area (Å²) in [5.74, 6) is 0.592. The first-order valence-corrected chi connectivity index (χ1v) is 14.1. The molecule has 3 aliphatic rings. The molecule has 9 nitrogen and oxygen atoms in total. The molecule has 1 unspecified atom stereocenters. The molecule has 0 aromatic heterocycles. The van der Waals surface area contributed by atoms with Crippen LogP contribution in [-0.4, -0.2) is 66.1 Å². The van der Waals surface area contributed by atoms with Crippen molar-refractivity contribution in [2.75, 3.05) is 26.7 Å². The third kappa shape index (κ3) is 6.36. The zero-order chi connectivity index (χ0) is 27.2. The number of hydrogen-bond donors (Lipinski definition) is 3. The Labute approximate surface area is 230 Å². The first-order chi connectivity index (χ1) is 19.0. The normalized spacial score (nSPS) is 20.2. The molecule has 2 heterocycles. The number of amides is 5. The van der Waals surface area contributed by atoms with Gasteiger partial charge in [0.15, 0.2) is 0 Å². The lowest BCUT2D eigenvalue weighted by atomic mass is 9.87. The summed E-state index contributed by atoms with van der Waals surface area (Å²) >= 11 is 0. The van der Waals surface area contributed by atoms with Crippen LogP contribution >= 0.6 is 0 Å². The Morgan fingerprint density at radius 3 is 2.41 bits per heavy atom. The average molecular weight is 534 g/mol. The summed E-state index contributed by atoms with van der Waals surface area (Å²) in [5.41, 5.74) is 1.13. The quantitative estimate of drug-likeness (QED) is 0.424. The van der Waals surface area contributed by atoms with E-state index >= 15 is 0 Å². The van der Waals surface area contributed by atoms with Gasteiger partial charge in [0.1, 0.15) is 11.3 Å². The number of benzene rings is 2. The molecule has 9 heteroatoms. The van der Waals surface area contributed by atoms with Gasteiger partial charge in [0.05, 0.1) is 19.7 Å². The van der Waals surface area contributed by atoms with Gasteiger partial charge in [-0.25, -0.2) is 9.59 Å².